The van der Waals surface area contributed by atoms with Gasteiger partial charge in [0.05, 0.1) is 12.5 Å². The molecule has 1 saturated carbocycles. The lowest BCUT2D eigenvalue weighted by Crippen LogP contribution is -2.48. The molecular weight excluding hydrogens is 288 g/mol. The van der Waals surface area contributed by atoms with E-state index in [1.54, 1.807) is 4.90 Å². The Morgan fingerprint density at radius 3 is 2.77 bits per heavy atom. The molecule has 0 aromatic rings. The molecule has 7 heteroatoms. The molecular formula is C15H24N2O5. The van der Waals surface area contributed by atoms with Gasteiger partial charge in [0.25, 0.3) is 0 Å². The molecule has 22 heavy (non-hydrogen) atoms. The van der Waals surface area contributed by atoms with Crippen molar-refractivity contribution >= 4 is 12.0 Å². The van der Waals surface area contributed by atoms with Crippen LogP contribution in [0.15, 0.2) is 0 Å². The number of likely N-dealkylation sites (tertiary alicyclic amines) is 1. The highest BCUT2D eigenvalue weighted by atomic mass is 16.7. The smallest absolute Gasteiger partial charge is 0.317 e. The van der Waals surface area contributed by atoms with Crippen molar-refractivity contribution in [2.75, 3.05) is 26.2 Å². The quantitative estimate of drug-likeness (QED) is 0.817. The summed E-state index contributed by atoms with van der Waals surface area (Å²) in [6, 6.07) is -0.207. The fourth-order valence-corrected chi connectivity index (χ4v) is 3.57. The Morgan fingerprint density at radius 1 is 1.27 bits per heavy atom. The summed E-state index contributed by atoms with van der Waals surface area (Å²) in [4.78, 5) is 24.8. The summed E-state index contributed by atoms with van der Waals surface area (Å²) in [7, 11) is 0. The third-order valence-electron chi connectivity index (χ3n) is 4.82. The van der Waals surface area contributed by atoms with Gasteiger partial charge < -0.3 is 24.8 Å². The first-order valence-corrected chi connectivity index (χ1v) is 8.15. The highest BCUT2D eigenvalue weighted by molar-refractivity contribution is 5.76. The zero-order valence-electron chi connectivity index (χ0n) is 12.8. The second kappa shape index (κ2) is 6.42. The van der Waals surface area contributed by atoms with Crippen LogP contribution in [0.5, 0.6) is 0 Å². The van der Waals surface area contributed by atoms with Crippen molar-refractivity contribution in [1.29, 1.82) is 0 Å². The number of hydrogen-bond acceptors (Lipinski definition) is 4. The molecule has 3 fully saturated rings. The molecule has 2 aliphatic heterocycles. The molecule has 3 rings (SSSR count). The number of nitrogens with one attached hydrogen (secondary N) is 1. The van der Waals surface area contributed by atoms with Gasteiger partial charge in [-0.25, -0.2) is 4.79 Å². The van der Waals surface area contributed by atoms with E-state index in [1.807, 2.05) is 0 Å². The van der Waals surface area contributed by atoms with Crippen molar-refractivity contribution in [1.82, 2.24) is 10.2 Å². The Bertz CT molecular complexity index is 436. The van der Waals surface area contributed by atoms with Gasteiger partial charge in [0, 0.05) is 32.5 Å². The molecule has 2 saturated heterocycles. The molecule has 0 aromatic carbocycles. The average Bonchev–Trinajstić information content (AvgIpc) is 3.15. The van der Waals surface area contributed by atoms with Gasteiger partial charge in [0.15, 0.2) is 5.79 Å². The Balaban J connectivity index is 1.43. The molecule has 1 aliphatic carbocycles. The van der Waals surface area contributed by atoms with Gasteiger partial charge in [-0.05, 0) is 25.7 Å². The zero-order valence-corrected chi connectivity index (χ0v) is 12.8. The fraction of sp³-hybridized carbons (Fsp3) is 0.867. The molecule has 2 N–H and O–H groups in total. The van der Waals surface area contributed by atoms with Gasteiger partial charge >= 0.3 is 12.0 Å². The minimum atomic E-state index is -0.826. The van der Waals surface area contributed by atoms with E-state index in [-0.39, 0.29) is 18.7 Å². The molecule has 2 heterocycles. The summed E-state index contributed by atoms with van der Waals surface area (Å²) in [6.45, 7) is 1.82. The standard InChI is InChI=1S/C15H24N2O5/c18-13(19)11-4-3-7-17(9-11)14(20)16-8-12-10-21-15(22-12)5-1-2-6-15/h11-12H,1-10H2,(H,16,20)(H,18,19). The predicted molar refractivity (Wildman–Crippen MR) is 77.4 cm³/mol. The zero-order chi connectivity index (χ0) is 15.6. The van der Waals surface area contributed by atoms with Crippen molar-refractivity contribution in [2.24, 2.45) is 5.92 Å². The largest absolute Gasteiger partial charge is 0.481 e. The number of carbonyl (C=O) groups excluding carboxylic acids is 1. The van der Waals surface area contributed by atoms with Crippen molar-refractivity contribution in [3.05, 3.63) is 0 Å². The number of hydrogen-bond donors (Lipinski definition) is 2. The number of carboxylic acids is 1. The first-order chi connectivity index (χ1) is 10.6. The number of nitrogens with zero attached hydrogens (tertiary/aromatic N) is 1. The van der Waals surface area contributed by atoms with Crippen LogP contribution in [0.4, 0.5) is 4.79 Å². The summed E-state index contributed by atoms with van der Waals surface area (Å²) in [6.07, 6.45) is 5.39. The van der Waals surface area contributed by atoms with Gasteiger partial charge in [-0.3, -0.25) is 4.79 Å². The predicted octanol–water partition coefficient (Wildman–Crippen LogP) is 1.18. The average molecular weight is 312 g/mol. The third kappa shape index (κ3) is 3.35. The van der Waals surface area contributed by atoms with Gasteiger partial charge in [0.1, 0.15) is 6.10 Å². The summed E-state index contributed by atoms with van der Waals surface area (Å²) >= 11 is 0. The van der Waals surface area contributed by atoms with Crippen LogP contribution in [0.25, 0.3) is 0 Å². The molecule has 2 unspecified atom stereocenters. The lowest BCUT2D eigenvalue weighted by molar-refractivity contribution is -0.161. The third-order valence-corrected chi connectivity index (χ3v) is 4.82. The number of carbonyl (C=O) groups is 2. The van der Waals surface area contributed by atoms with Crippen molar-refractivity contribution < 1.29 is 24.2 Å². The molecule has 2 amide bonds. The topological polar surface area (TPSA) is 88.1 Å². The lowest BCUT2D eigenvalue weighted by Gasteiger charge is -2.31. The minimum absolute atomic E-state index is 0.109. The number of piperidine rings is 1. The maximum Gasteiger partial charge on any atom is 0.317 e. The van der Waals surface area contributed by atoms with E-state index in [2.05, 4.69) is 5.32 Å². The van der Waals surface area contributed by atoms with E-state index in [0.717, 1.165) is 32.1 Å². The number of ether oxygens (including phenoxy) is 2. The number of urea groups is 1. The molecule has 0 radical (unpaired) electrons. The number of rotatable bonds is 3. The minimum Gasteiger partial charge on any atom is -0.481 e. The summed E-state index contributed by atoms with van der Waals surface area (Å²) in [5.74, 6) is -1.69. The van der Waals surface area contributed by atoms with E-state index in [1.165, 1.54) is 0 Å². The van der Waals surface area contributed by atoms with Gasteiger partial charge in [0.2, 0.25) is 0 Å². The van der Waals surface area contributed by atoms with Gasteiger partial charge in [-0.2, -0.15) is 0 Å². The van der Waals surface area contributed by atoms with Crippen LogP contribution in [0, 0.1) is 5.92 Å². The first-order valence-electron chi connectivity index (χ1n) is 8.15. The number of amides is 2. The van der Waals surface area contributed by atoms with Crippen molar-refractivity contribution in [3.8, 4) is 0 Å². The Labute approximate surface area is 129 Å². The Hall–Kier alpha value is -1.34. The van der Waals surface area contributed by atoms with E-state index in [9.17, 15) is 9.59 Å². The van der Waals surface area contributed by atoms with Crippen LogP contribution >= 0.6 is 0 Å². The van der Waals surface area contributed by atoms with E-state index in [0.29, 0.717) is 26.1 Å². The molecule has 124 valence electrons. The Kier molecular flexibility index (Phi) is 4.54. The van der Waals surface area contributed by atoms with E-state index in [4.69, 9.17) is 14.6 Å². The highest BCUT2D eigenvalue weighted by Crippen LogP contribution is 2.38. The molecule has 2 atom stereocenters. The van der Waals surface area contributed by atoms with E-state index >= 15 is 0 Å². The van der Waals surface area contributed by atoms with Crippen LogP contribution in [0.3, 0.4) is 0 Å². The normalized spacial score (nSPS) is 30.6. The van der Waals surface area contributed by atoms with Crippen molar-refractivity contribution in [3.63, 3.8) is 0 Å². The SMILES string of the molecule is O=C(O)C1CCCN(C(=O)NCC2COC3(CCCC3)O2)C1. The molecule has 1 spiro atoms. The van der Waals surface area contributed by atoms with Crippen molar-refractivity contribution in [2.45, 2.75) is 50.4 Å². The van der Waals surface area contributed by atoms with Crippen LogP contribution < -0.4 is 5.32 Å². The van der Waals surface area contributed by atoms with Crippen LogP contribution in [-0.4, -0.2) is 60.1 Å². The monoisotopic (exact) mass is 312 g/mol. The maximum absolute atomic E-state index is 12.2. The summed E-state index contributed by atoms with van der Waals surface area (Å²) in [5, 5.41) is 11.9. The van der Waals surface area contributed by atoms with Gasteiger partial charge in [-0.15, -0.1) is 0 Å². The van der Waals surface area contributed by atoms with E-state index < -0.39 is 17.7 Å². The van der Waals surface area contributed by atoms with Crippen LogP contribution in [0.2, 0.25) is 0 Å². The first kappa shape index (κ1) is 15.6. The van der Waals surface area contributed by atoms with Crippen LogP contribution in [0.1, 0.15) is 38.5 Å². The molecule has 7 nitrogen and oxygen atoms in total. The van der Waals surface area contributed by atoms with Gasteiger partial charge in [-0.1, -0.05) is 0 Å². The lowest BCUT2D eigenvalue weighted by atomic mass is 9.99. The molecule has 0 aromatic heterocycles. The summed E-state index contributed by atoms with van der Waals surface area (Å²) in [5.41, 5.74) is 0. The second-order valence-corrected chi connectivity index (χ2v) is 6.48. The number of carboxylic acid groups (broad SMARTS) is 1. The second-order valence-electron chi connectivity index (χ2n) is 6.48. The molecule has 0 bridgehead atoms. The maximum atomic E-state index is 12.2. The Morgan fingerprint density at radius 2 is 2.05 bits per heavy atom. The fourth-order valence-electron chi connectivity index (χ4n) is 3.57. The molecule has 3 aliphatic rings. The number of aliphatic carboxylic acids is 1. The highest BCUT2D eigenvalue weighted by Gasteiger charge is 2.43. The summed E-state index contributed by atoms with van der Waals surface area (Å²) < 4.78 is 11.7. The van der Waals surface area contributed by atoms with Crippen LogP contribution in [-0.2, 0) is 14.3 Å².